The number of hydrogen-bond acceptors (Lipinski definition) is 1. The number of carbonyl (C=O) groups is 1. The van der Waals surface area contributed by atoms with Crippen LogP contribution in [-0.4, -0.2) is 10.9 Å². The Kier molecular flexibility index (Phi) is 1.37. The van der Waals surface area contributed by atoms with E-state index >= 15 is 0 Å². The first-order valence-electron chi connectivity index (χ1n) is 3.65. The fourth-order valence-electron chi connectivity index (χ4n) is 1.28. The molecule has 2 rings (SSSR count). The van der Waals surface area contributed by atoms with Crippen LogP contribution in [0.15, 0.2) is 30.5 Å². The van der Waals surface area contributed by atoms with Crippen LogP contribution in [0.3, 0.4) is 0 Å². The third-order valence-electron chi connectivity index (χ3n) is 1.85. The molecule has 0 aliphatic heterocycles. The minimum Gasteiger partial charge on any atom is -0.364 e. The molecule has 1 heterocycles. The number of amides is 1. The van der Waals surface area contributed by atoms with Gasteiger partial charge < -0.3 is 10.7 Å². The van der Waals surface area contributed by atoms with Gasteiger partial charge in [0, 0.05) is 11.6 Å². The number of primary amides is 1. The second-order valence-electron chi connectivity index (χ2n) is 2.62. The number of rotatable bonds is 1. The smallest absolute Gasteiger partial charge is 0.265 e. The van der Waals surface area contributed by atoms with Gasteiger partial charge >= 0.3 is 0 Å². The van der Waals surface area contributed by atoms with Crippen molar-refractivity contribution < 1.29 is 4.79 Å². The zero-order chi connectivity index (χ0) is 8.55. The molecular formula is C9H8N2O. The molecule has 60 valence electrons. The molecule has 0 fully saturated rings. The van der Waals surface area contributed by atoms with Crippen molar-refractivity contribution >= 4 is 16.7 Å². The van der Waals surface area contributed by atoms with Crippen molar-refractivity contribution in [3.8, 4) is 0 Å². The summed E-state index contributed by atoms with van der Waals surface area (Å²) in [5.74, 6) is -0.420. The van der Waals surface area contributed by atoms with Gasteiger partial charge in [0.2, 0.25) is 0 Å². The Hall–Kier alpha value is -1.77. The molecule has 3 N–H and O–H groups in total. The third kappa shape index (κ3) is 0.871. The Morgan fingerprint density at radius 1 is 1.33 bits per heavy atom. The van der Waals surface area contributed by atoms with E-state index in [1.807, 2.05) is 24.3 Å². The van der Waals surface area contributed by atoms with E-state index in [1.54, 1.807) is 6.20 Å². The van der Waals surface area contributed by atoms with E-state index in [2.05, 4.69) is 4.98 Å². The molecule has 3 heteroatoms. The molecular weight excluding hydrogens is 152 g/mol. The standard InChI is InChI=1S/C9H8N2O/c10-9(12)8-7-4-2-1-3-6(7)5-11-8/h1-5,11H,(H2,10,12). The Balaban J connectivity index is 2.79. The third-order valence-corrected chi connectivity index (χ3v) is 1.85. The van der Waals surface area contributed by atoms with Gasteiger partial charge in [-0.3, -0.25) is 4.79 Å². The molecule has 0 bridgehead atoms. The van der Waals surface area contributed by atoms with Crippen LogP contribution in [0.4, 0.5) is 0 Å². The molecule has 0 aliphatic carbocycles. The predicted molar refractivity (Wildman–Crippen MR) is 46.8 cm³/mol. The van der Waals surface area contributed by atoms with Crippen LogP contribution in [0, 0.1) is 0 Å². The van der Waals surface area contributed by atoms with Gasteiger partial charge in [-0.1, -0.05) is 24.3 Å². The zero-order valence-corrected chi connectivity index (χ0v) is 6.37. The molecule has 12 heavy (non-hydrogen) atoms. The van der Waals surface area contributed by atoms with E-state index < -0.39 is 5.91 Å². The number of fused-ring (bicyclic) bond motifs is 1. The van der Waals surface area contributed by atoms with Crippen LogP contribution in [-0.2, 0) is 0 Å². The van der Waals surface area contributed by atoms with Crippen LogP contribution < -0.4 is 5.73 Å². The lowest BCUT2D eigenvalue weighted by molar-refractivity contribution is 0.0998. The maximum absolute atomic E-state index is 10.9. The first-order valence-corrected chi connectivity index (χ1v) is 3.65. The summed E-state index contributed by atoms with van der Waals surface area (Å²) >= 11 is 0. The highest BCUT2D eigenvalue weighted by atomic mass is 16.1. The summed E-state index contributed by atoms with van der Waals surface area (Å²) in [6.45, 7) is 0. The molecule has 3 nitrogen and oxygen atoms in total. The summed E-state index contributed by atoms with van der Waals surface area (Å²) in [6, 6.07) is 7.59. The van der Waals surface area contributed by atoms with Crippen LogP contribution in [0.5, 0.6) is 0 Å². The van der Waals surface area contributed by atoms with E-state index in [9.17, 15) is 4.79 Å². The van der Waals surface area contributed by atoms with E-state index in [0.717, 1.165) is 10.8 Å². The molecule has 0 unspecified atom stereocenters. The lowest BCUT2D eigenvalue weighted by Gasteiger charge is -1.90. The summed E-state index contributed by atoms with van der Waals surface area (Å²) in [4.78, 5) is 13.7. The zero-order valence-electron chi connectivity index (χ0n) is 6.37. The Morgan fingerprint density at radius 3 is 2.83 bits per heavy atom. The van der Waals surface area contributed by atoms with Gasteiger partial charge in [-0.25, -0.2) is 0 Å². The van der Waals surface area contributed by atoms with Crippen molar-refractivity contribution in [1.82, 2.24) is 4.98 Å². The van der Waals surface area contributed by atoms with Gasteiger partial charge in [0.05, 0.1) is 0 Å². The summed E-state index contributed by atoms with van der Waals surface area (Å²) in [6.07, 6.45) is 1.77. The topological polar surface area (TPSA) is 58.9 Å². The van der Waals surface area contributed by atoms with Crippen molar-refractivity contribution in [3.63, 3.8) is 0 Å². The van der Waals surface area contributed by atoms with Crippen molar-refractivity contribution in [3.05, 3.63) is 36.2 Å². The maximum Gasteiger partial charge on any atom is 0.265 e. The Labute approximate surface area is 69.2 Å². The molecule has 1 aromatic carbocycles. The number of benzene rings is 1. The highest BCUT2D eigenvalue weighted by molar-refractivity contribution is 6.05. The van der Waals surface area contributed by atoms with Gasteiger partial charge in [0.1, 0.15) is 5.69 Å². The molecule has 0 saturated heterocycles. The van der Waals surface area contributed by atoms with Gasteiger partial charge in [0.25, 0.3) is 5.91 Å². The molecule has 0 spiro atoms. The average Bonchev–Trinajstić information content (AvgIpc) is 2.47. The molecule has 0 atom stereocenters. The van der Waals surface area contributed by atoms with E-state index in [4.69, 9.17) is 5.73 Å². The minimum atomic E-state index is -0.420. The van der Waals surface area contributed by atoms with Crippen LogP contribution in [0.2, 0.25) is 0 Å². The maximum atomic E-state index is 10.9. The highest BCUT2D eigenvalue weighted by Crippen LogP contribution is 2.16. The number of nitrogens with one attached hydrogen (secondary N) is 1. The van der Waals surface area contributed by atoms with E-state index in [1.165, 1.54) is 0 Å². The van der Waals surface area contributed by atoms with E-state index in [-0.39, 0.29) is 0 Å². The number of nitrogens with two attached hydrogens (primary N) is 1. The van der Waals surface area contributed by atoms with Gasteiger partial charge in [-0.2, -0.15) is 0 Å². The summed E-state index contributed by atoms with van der Waals surface area (Å²) in [5.41, 5.74) is 5.63. The fraction of sp³-hybridized carbons (Fsp3) is 0. The van der Waals surface area contributed by atoms with Crippen LogP contribution >= 0.6 is 0 Å². The quantitative estimate of drug-likeness (QED) is 0.648. The van der Waals surface area contributed by atoms with Crippen molar-refractivity contribution in [2.75, 3.05) is 0 Å². The Morgan fingerprint density at radius 2 is 2.08 bits per heavy atom. The average molecular weight is 160 g/mol. The summed E-state index contributed by atoms with van der Waals surface area (Å²) in [7, 11) is 0. The van der Waals surface area contributed by atoms with Gasteiger partial charge in [-0.05, 0) is 5.39 Å². The van der Waals surface area contributed by atoms with E-state index in [0.29, 0.717) is 5.69 Å². The second kappa shape index (κ2) is 2.37. The first-order chi connectivity index (χ1) is 5.79. The van der Waals surface area contributed by atoms with Gasteiger partial charge in [0.15, 0.2) is 0 Å². The number of aromatic nitrogens is 1. The molecule has 2 aromatic rings. The normalized spacial score (nSPS) is 10.3. The summed E-state index contributed by atoms with van der Waals surface area (Å²) < 4.78 is 0. The largest absolute Gasteiger partial charge is 0.364 e. The van der Waals surface area contributed by atoms with Crippen molar-refractivity contribution in [1.29, 1.82) is 0 Å². The minimum absolute atomic E-state index is 0.420. The predicted octanol–water partition coefficient (Wildman–Crippen LogP) is 1.27. The number of carbonyl (C=O) groups excluding carboxylic acids is 1. The van der Waals surface area contributed by atoms with Crippen molar-refractivity contribution in [2.45, 2.75) is 0 Å². The number of aromatic amines is 1. The fourth-order valence-corrected chi connectivity index (χ4v) is 1.28. The van der Waals surface area contributed by atoms with Gasteiger partial charge in [-0.15, -0.1) is 0 Å². The van der Waals surface area contributed by atoms with Crippen LogP contribution in [0.25, 0.3) is 10.8 Å². The summed E-state index contributed by atoms with van der Waals surface area (Å²) in [5, 5.41) is 1.89. The first kappa shape index (κ1) is 6.91. The molecule has 0 radical (unpaired) electrons. The number of H-pyrrole nitrogens is 1. The molecule has 0 saturated carbocycles. The molecule has 1 amide bonds. The van der Waals surface area contributed by atoms with Crippen LogP contribution in [0.1, 0.15) is 10.5 Å². The number of hydrogen-bond donors (Lipinski definition) is 2. The second-order valence-corrected chi connectivity index (χ2v) is 2.62. The lowest BCUT2D eigenvalue weighted by Crippen LogP contribution is -2.11. The molecule has 1 aromatic heterocycles. The highest BCUT2D eigenvalue weighted by Gasteiger charge is 2.06. The Bertz CT molecular complexity index is 431. The van der Waals surface area contributed by atoms with Crippen molar-refractivity contribution in [2.24, 2.45) is 5.73 Å². The lowest BCUT2D eigenvalue weighted by atomic mass is 10.2. The monoisotopic (exact) mass is 160 g/mol. The molecule has 0 aliphatic rings. The SMILES string of the molecule is NC(=O)c1[nH]cc2ccccc12.